The third-order valence-electron chi connectivity index (χ3n) is 5.73. The summed E-state index contributed by atoms with van der Waals surface area (Å²) in [6, 6.07) is 8.26. The van der Waals surface area contributed by atoms with E-state index in [0.29, 0.717) is 60.6 Å². The van der Waals surface area contributed by atoms with Crippen LogP contribution in [0.3, 0.4) is 0 Å². The molecule has 10 heteroatoms. The molecular formula is C26H30ClFN4O4. The number of hydroxylamine groups is 2. The van der Waals surface area contributed by atoms with Crippen molar-refractivity contribution in [1.29, 1.82) is 0 Å². The third-order valence-corrected chi connectivity index (χ3v) is 6.02. The molecule has 0 radical (unpaired) electrons. The second-order valence-electron chi connectivity index (χ2n) is 9.92. The molecule has 3 aromatic rings. The number of hydrogen-bond acceptors (Lipinski definition) is 8. The van der Waals surface area contributed by atoms with E-state index < -0.39 is 5.82 Å². The van der Waals surface area contributed by atoms with Gasteiger partial charge in [0.25, 0.3) is 0 Å². The van der Waals surface area contributed by atoms with Crippen molar-refractivity contribution >= 4 is 40.0 Å². The lowest BCUT2D eigenvalue weighted by Gasteiger charge is -2.31. The average Bonchev–Trinajstić information content (AvgIpc) is 2.82. The molecule has 1 aliphatic heterocycles. The number of carbonyl (C=O) groups excluding carboxylic acids is 1. The van der Waals surface area contributed by atoms with Gasteiger partial charge in [-0.05, 0) is 23.6 Å². The number of nitrogens with zero attached hydrogens (tertiary/aromatic N) is 3. The molecule has 1 aliphatic rings. The molecule has 192 valence electrons. The first kappa shape index (κ1) is 25.9. The van der Waals surface area contributed by atoms with Crippen molar-refractivity contribution < 1.29 is 23.5 Å². The van der Waals surface area contributed by atoms with Gasteiger partial charge in [-0.3, -0.25) is 4.79 Å². The van der Waals surface area contributed by atoms with E-state index >= 15 is 0 Å². The fourth-order valence-electron chi connectivity index (χ4n) is 3.97. The summed E-state index contributed by atoms with van der Waals surface area (Å²) < 4.78 is 26.3. The molecule has 0 unspecified atom stereocenters. The van der Waals surface area contributed by atoms with Gasteiger partial charge < -0.3 is 19.6 Å². The van der Waals surface area contributed by atoms with E-state index in [0.717, 1.165) is 0 Å². The van der Waals surface area contributed by atoms with Crippen LogP contribution >= 0.6 is 11.6 Å². The molecule has 1 fully saturated rings. The average molecular weight is 517 g/mol. The summed E-state index contributed by atoms with van der Waals surface area (Å²) in [5.74, 6) is 0.673. The fraction of sp³-hybridized carbons (Fsp3) is 0.423. The molecule has 1 aromatic heterocycles. The molecule has 8 nitrogen and oxygen atoms in total. The van der Waals surface area contributed by atoms with E-state index in [-0.39, 0.29) is 28.2 Å². The van der Waals surface area contributed by atoms with Crippen LogP contribution in [0, 0.1) is 11.2 Å². The van der Waals surface area contributed by atoms with Crippen molar-refractivity contribution in [2.24, 2.45) is 5.41 Å². The number of aromatic nitrogens is 2. The van der Waals surface area contributed by atoms with Crippen LogP contribution in [-0.2, 0) is 9.63 Å². The zero-order chi connectivity index (χ0) is 25.9. The fourth-order valence-corrected chi connectivity index (χ4v) is 4.15. The summed E-state index contributed by atoms with van der Waals surface area (Å²) >= 11 is 5.92. The molecule has 1 saturated heterocycles. The summed E-state index contributed by atoms with van der Waals surface area (Å²) in [4.78, 5) is 26.3. The number of carbonyl (C=O) groups is 1. The first-order valence-electron chi connectivity index (χ1n) is 11.8. The van der Waals surface area contributed by atoms with E-state index in [2.05, 4.69) is 15.3 Å². The summed E-state index contributed by atoms with van der Waals surface area (Å²) in [6.07, 6.45) is 3.00. The SMILES string of the molecule is COc1cc2ncnc(Nc3cccc(Cl)c3F)c2cc1OC1CCN(OC(=O)CC(C)(C)C)CC1. The van der Waals surface area contributed by atoms with Crippen molar-refractivity contribution in [3.63, 3.8) is 0 Å². The Morgan fingerprint density at radius 2 is 1.94 bits per heavy atom. The summed E-state index contributed by atoms with van der Waals surface area (Å²) in [5.41, 5.74) is 0.690. The Kier molecular flexibility index (Phi) is 7.80. The van der Waals surface area contributed by atoms with E-state index in [1.165, 1.54) is 12.4 Å². The largest absolute Gasteiger partial charge is 0.493 e. The predicted octanol–water partition coefficient (Wildman–Crippen LogP) is 5.91. The molecule has 0 saturated carbocycles. The van der Waals surface area contributed by atoms with Crippen molar-refractivity contribution in [3.05, 3.63) is 47.5 Å². The first-order valence-corrected chi connectivity index (χ1v) is 12.2. The van der Waals surface area contributed by atoms with E-state index in [1.54, 1.807) is 36.4 Å². The molecule has 2 aromatic carbocycles. The number of rotatable bonds is 7. The van der Waals surface area contributed by atoms with Crippen molar-refractivity contribution in [2.75, 3.05) is 25.5 Å². The van der Waals surface area contributed by atoms with Crippen molar-refractivity contribution in [2.45, 2.75) is 46.1 Å². The Balaban J connectivity index is 1.49. The minimum absolute atomic E-state index is 0.0134. The van der Waals surface area contributed by atoms with Crippen LogP contribution in [0.5, 0.6) is 11.5 Å². The van der Waals surface area contributed by atoms with Crippen LogP contribution < -0.4 is 14.8 Å². The lowest BCUT2D eigenvalue weighted by Crippen LogP contribution is -2.40. The summed E-state index contributed by atoms with van der Waals surface area (Å²) in [5, 5.41) is 5.35. The molecule has 1 N–H and O–H groups in total. The molecule has 0 aliphatic carbocycles. The van der Waals surface area contributed by atoms with Crippen LogP contribution in [0.1, 0.15) is 40.0 Å². The van der Waals surface area contributed by atoms with Gasteiger partial charge in [0.1, 0.15) is 18.2 Å². The standard InChI is InChI=1S/C26H30ClFN4O4/c1-26(2,3)14-23(33)36-32-10-8-16(9-11-32)35-22-12-17-20(13-21(22)34-4)29-15-30-25(17)31-19-7-5-6-18(27)24(19)28/h5-7,12-13,15-16H,8-11,14H2,1-4H3,(H,29,30,31). The first-order chi connectivity index (χ1) is 17.1. The van der Waals surface area contributed by atoms with Crippen molar-refractivity contribution in [3.8, 4) is 11.5 Å². The zero-order valence-electron chi connectivity index (χ0n) is 20.8. The Morgan fingerprint density at radius 3 is 2.64 bits per heavy atom. The molecule has 2 heterocycles. The van der Waals surface area contributed by atoms with Gasteiger partial charge in [-0.2, -0.15) is 0 Å². The van der Waals surface area contributed by atoms with Gasteiger partial charge in [-0.15, -0.1) is 5.06 Å². The Labute approximate surface area is 214 Å². The summed E-state index contributed by atoms with van der Waals surface area (Å²) in [7, 11) is 1.56. The number of benzene rings is 2. The number of methoxy groups -OCH3 is 1. The minimum Gasteiger partial charge on any atom is -0.493 e. The Bertz CT molecular complexity index is 1240. The Morgan fingerprint density at radius 1 is 1.19 bits per heavy atom. The molecular weight excluding hydrogens is 487 g/mol. The molecule has 0 atom stereocenters. The second kappa shape index (κ2) is 10.8. The minimum atomic E-state index is -0.564. The lowest BCUT2D eigenvalue weighted by atomic mass is 9.93. The monoisotopic (exact) mass is 516 g/mol. The quantitative estimate of drug-likeness (QED) is 0.414. The lowest BCUT2D eigenvalue weighted by molar-refractivity contribution is -0.200. The highest BCUT2D eigenvalue weighted by atomic mass is 35.5. The highest BCUT2D eigenvalue weighted by Crippen LogP contribution is 2.37. The smallest absolute Gasteiger partial charge is 0.325 e. The molecule has 36 heavy (non-hydrogen) atoms. The number of nitrogens with one attached hydrogen (secondary N) is 1. The van der Waals surface area contributed by atoms with Gasteiger partial charge >= 0.3 is 5.97 Å². The topological polar surface area (TPSA) is 85.8 Å². The number of anilines is 2. The normalized spacial score (nSPS) is 15.1. The number of halogens is 2. The molecule has 0 bridgehead atoms. The van der Waals surface area contributed by atoms with E-state index in [9.17, 15) is 9.18 Å². The Hall–Kier alpha value is -3.17. The van der Waals surface area contributed by atoms with Gasteiger partial charge in [-0.25, -0.2) is 14.4 Å². The molecule has 4 rings (SSSR count). The number of fused-ring (bicyclic) bond motifs is 1. The highest BCUT2D eigenvalue weighted by Gasteiger charge is 2.26. The van der Waals surface area contributed by atoms with Crippen LogP contribution in [0.25, 0.3) is 10.9 Å². The maximum absolute atomic E-state index is 14.5. The van der Waals surface area contributed by atoms with Gasteiger partial charge in [0, 0.05) is 37.4 Å². The van der Waals surface area contributed by atoms with Crippen LogP contribution in [0.15, 0.2) is 36.7 Å². The number of piperidine rings is 1. The predicted molar refractivity (Wildman–Crippen MR) is 136 cm³/mol. The van der Waals surface area contributed by atoms with E-state index in [1.807, 2.05) is 20.8 Å². The van der Waals surface area contributed by atoms with E-state index in [4.69, 9.17) is 25.9 Å². The summed E-state index contributed by atoms with van der Waals surface area (Å²) in [6.45, 7) is 7.15. The maximum Gasteiger partial charge on any atom is 0.325 e. The number of hydrogen-bond donors (Lipinski definition) is 1. The zero-order valence-corrected chi connectivity index (χ0v) is 21.6. The number of ether oxygens (including phenoxy) is 2. The third kappa shape index (κ3) is 6.33. The molecule has 0 amide bonds. The van der Waals surface area contributed by atoms with Crippen LogP contribution in [0.4, 0.5) is 15.9 Å². The maximum atomic E-state index is 14.5. The van der Waals surface area contributed by atoms with Gasteiger partial charge in [0.2, 0.25) is 0 Å². The van der Waals surface area contributed by atoms with Gasteiger partial charge in [0.15, 0.2) is 17.3 Å². The molecule has 0 spiro atoms. The van der Waals surface area contributed by atoms with Crippen LogP contribution in [-0.4, -0.2) is 47.3 Å². The highest BCUT2D eigenvalue weighted by molar-refractivity contribution is 6.31. The van der Waals surface area contributed by atoms with Gasteiger partial charge in [0.05, 0.1) is 29.8 Å². The van der Waals surface area contributed by atoms with Crippen LogP contribution in [0.2, 0.25) is 5.02 Å². The van der Waals surface area contributed by atoms with Crippen molar-refractivity contribution in [1.82, 2.24) is 15.0 Å². The van der Waals surface area contributed by atoms with Gasteiger partial charge in [-0.1, -0.05) is 38.4 Å². The second-order valence-corrected chi connectivity index (χ2v) is 10.3.